The van der Waals surface area contributed by atoms with E-state index in [2.05, 4.69) is 17.6 Å². The van der Waals surface area contributed by atoms with Crippen LogP contribution in [0.5, 0.6) is 0 Å². The van der Waals surface area contributed by atoms with E-state index < -0.39 is 5.97 Å². The lowest BCUT2D eigenvalue weighted by atomic mass is 9.86. The van der Waals surface area contributed by atoms with Crippen molar-refractivity contribution in [1.82, 2.24) is 5.32 Å². The number of amides is 1. The number of aliphatic carboxylic acids is 1. The molecule has 0 aromatic rings. The van der Waals surface area contributed by atoms with Crippen molar-refractivity contribution in [2.24, 2.45) is 5.92 Å². The fourth-order valence-corrected chi connectivity index (χ4v) is 1.88. The zero-order valence-corrected chi connectivity index (χ0v) is 8.53. The topological polar surface area (TPSA) is 66.4 Å². The molecular formula is C11H15NO3. The molecule has 0 heterocycles. The van der Waals surface area contributed by atoms with E-state index in [1.165, 1.54) is 6.08 Å². The lowest BCUT2D eigenvalue weighted by Gasteiger charge is -2.26. The van der Waals surface area contributed by atoms with Crippen LogP contribution in [-0.2, 0) is 9.59 Å². The number of carboxylic acids is 1. The van der Waals surface area contributed by atoms with E-state index in [0.717, 1.165) is 12.8 Å². The third-order valence-electron chi connectivity index (χ3n) is 2.60. The van der Waals surface area contributed by atoms with Crippen molar-refractivity contribution in [3.05, 3.63) is 18.4 Å². The van der Waals surface area contributed by atoms with Crippen molar-refractivity contribution in [3.63, 3.8) is 0 Å². The number of rotatable bonds is 3. The van der Waals surface area contributed by atoms with Crippen molar-refractivity contribution in [2.75, 3.05) is 0 Å². The smallest absolute Gasteiger partial charge is 0.306 e. The first-order chi connectivity index (χ1) is 7.13. The van der Waals surface area contributed by atoms with Crippen LogP contribution in [0.15, 0.2) is 18.4 Å². The number of hydrogen-bond donors (Lipinski definition) is 2. The Kier molecular flexibility index (Phi) is 4.13. The molecule has 1 rings (SSSR count). The van der Waals surface area contributed by atoms with Gasteiger partial charge in [-0.25, -0.2) is 0 Å². The van der Waals surface area contributed by atoms with E-state index >= 15 is 0 Å². The van der Waals surface area contributed by atoms with Gasteiger partial charge >= 0.3 is 5.97 Å². The highest BCUT2D eigenvalue weighted by molar-refractivity contribution is 5.87. The molecule has 0 saturated heterocycles. The average molecular weight is 209 g/mol. The van der Waals surface area contributed by atoms with Crippen molar-refractivity contribution < 1.29 is 14.7 Å². The standard InChI is InChI=1S/C11H15NO3/c1-2-4-10(13)12-9-6-3-5-8(7-9)11(14)15/h4,8-9H,1,3,5-7H2,(H,12,13)(H,14,15)/t8-,9+/m1/s1. The highest BCUT2D eigenvalue weighted by Crippen LogP contribution is 2.24. The molecule has 0 bridgehead atoms. The molecule has 1 saturated carbocycles. The monoisotopic (exact) mass is 209 g/mol. The van der Waals surface area contributed by atoms with Crippen LogP contribution in [0, 0.1) is 5.92 Å². The molecule has 1 amide bonds. The molecular weight excluding hydrogens is 194 g/mol. The third kappa shape index (κ3) is 3.60. The van der Waals surface area contributed by atoms with Gasteiger partial charge in [0.2, 0.25) is 0 Å². The summed E-state index contributed by atoms with van der Waals surface area (Å²) >= 11 is 0. The number of carbonyl (C=O) groups excluding carboxylic acids is 1. The quantitative estimate of drug-likeness (QED) is 0.540. The summed E-state index contributed by atoms with van der Waals surface area (Å²) in [6, 6.07) is -0.0306. The Hall–Kier alpha value is -1.54. The maximum Gasteiger partial charge on any atom is 0.306 e. The molecule has 0 radical (unpaired) electrons. The molecule has 82 valence electrons. The van der Waals surface area contributed by atoms with Gasteiger partial charge in [0, 0.05) is 12.1 Å². The van der Waals surface area contributed by atoms with Gasteiger partial charge in [-0.1, -0.05) is 13.0 Å². The second-order valence-corrected chi connectivity index (χ2v) is 3.76. The fourth-order valence-electron chi connectivity index (χ4n) is 1.88. The zero-order chi connectivity index (χ0) is 11.3. The largest absolute Gasteiger partial charge is 0.481 e. The van der Waals surface area contributed by atoms with Crippen LogP contribution in [-0.4, -0.2) is 23.0 Å². The summed E-state index contributed by atoms with van der Waals surface area (Å²) in [4.78, 5) is 21.9. The second-order valence-electron chi connectivity index (χ2n) is 3.76. The van der Waals surface area contributed by atoms with Crippen LogP contribution in [0.3, 0.4) is 0 Å². The Balaban J connectivity index is 2.46. The Morgan fingerprint density at radius 1 is 1.47 bits per heavy atom. The van der Waals surface area contributed by atoms with E-state index in [1.807, 2.05) is 0 Å². The average Bonchev–Trinajstić information content (AvgIpc) is 2.18. The van der Waals surface area contributed by atoms with E-state index in [9.17, 15) is 9.59 Å². The van der Waals surface area contributed by atoms with Crippen molar-refractivity contribution in [3.8, 4) is 0 Å². The molecule has 0 aromatic carbocycles. The number of hydrogen-bond acceptors (Lipinski definition) is 2. The summed E-state index contributed by atoms with van der Waals surface area (Å²) in [6.07, 6.45) is 4.15. The zero-order valence-electron chi connectivity index (χ0n) is 8.53. The molecule has 4 nitrogen and oxygen atoms in total. The SMILES string of the molecule is C=C=CC(=O)N[C@H]1CCC[C@@H](C(=O)O)C1. The molecule has 0 aromatic heterocycles. The Morgan fingerprint density at radius 3 is 2.80 bits per heavy atom. The minimum Gasteiger partial charge on any atom is -0.481 e. The van der Waals surface area contributed by atoms with E-state index in [-0.39, 0.29) is 17.9 Å². The highest BCUT2D eigenvalue weighted by atomic mass is 16.4. The first-order valence-electron chi connectivity index (χ1n) is 5.02. The Bertz CT molecular complexity index is 305. The molecule has 0 spiro atoms. The second kappa shape index (κ2) is 5.37. The number of carbonyl (C=O) groups is 2. The summed E-state index contributed by atoms with van der Waals surface area (Å²) in [6.45, 7) is 3.30. The first-order valence-corrected chi connectivity index (χ1v) is 5.02. The number of carboxylic acid groups (broad SMARTS) is 1. The van der Waals surface area contributed by atoms with Crippen LogP contribution in [0.2, 0.25) is 0 Å². The van der Waals surface area contributed by atoms with Crippen molar-refractivity contribution >= 4 is 11.9 Å². The van der Waals surface area contributed by atoms with Gasteiger partial charge in [-0.15, -0.1) is 5.73 Å². The summed E-state index contributed by atoms with van der Waals surface area (Å²) < 4.78 is 0. The summed E-state index contributed by atoms with van der Waals surface area (Å²) in [5.74, 6) is -1.34. The molecule has 2 N–H and O–H groups in total. The molecule has 15 heavy (non-hydrogen) atoms. The molecule has 0 unspecified atom stereocenters. The van der Waals surface area contributed by atoms with Gasteiger partial charge in [0.25, 0.3) is 5.91 Å². The third-order valence-corrected chi connectivity index (χ3v) is 2.60. The van der Waals surface area contributed by atoms with Gasteiger partial charge in [-0.05, 0) is 19.3 Å². The van der Waals surface area contributed by atoms with Gasteiger partial charge in [0.1, 0.15) is 0 Å². The fraction of sp³-hybridized carbons (Fsp3) is 0.545. The Labute approximate surface area is 88.7 Å². The van der Waals surface area contributed by atoms with Crippen molar-refractivity contribution in [1.29, 1.82) is 0 Å². The lowest BCUT2D eigenvalue weighted by molar-refractivity contribution is -0.143. The van der Waals surface area contributed by atoms with E-state index in [1.54, 1.807) is 0 Å². The van der Waals surface area contributed by atoms with Crippen LogP contribution < -0.4 is 5.32 Å². The predicted molar refractivity (Wildman–Crippen MR) is 55.2 cm³/mol. The maximum atomic E-state index is 11.2. The van der Waals surface area contributed by atoms with E-state index in [0.29, 0.717) is 12.8 Å². The summed E-state index contributed by atoms with van der Waals surface area (Å²) in [5.41, 5.74) is 2.39. The minimum absolute atomic E-state index is 0.0306. The highest BCUT2D eigenvalue weighted by Gasteiger charge is 2.27. The van der Waals surface area contributed by atoms with Gasteiger partial charge in [-0.2, -0.15) is 0 Å². The van der Waals surface area contributed by atoms with Crippen LogP contribution >= 0.6 is 0 Å². The molecule has 0 aliphatic heterocycles. The molecule has 2 atom stereocenters. The Morgan fingerprint density at radius 2 is 2.20 bits per heavy atom. The normalized spacial score (nSPS) is 25.1. The summed E-state index contributed by atoms with van der Waals surface area (Å²) in [5, 5.41) is 11.6. The maximum absolute atomic E-state index is 11.2. The summed E-state index contributed by atoms with van der Waals surface area (Å²) in [7, 11) is 0. The lowest BCUT2D eigenvalue weighted by Crippen LogP contribution is -2.39. The van der Waals surface area contributed by atoms with E-state index in [4.69, 9.17) is 5.11 Å². The van der Waals surface area contributed by atoms with Gasteiger partial charge in [0.15, 0.2) is 0 Å². The first kappa shape index (κ1) is 11.5. The van der Waals surface area contributed by atoms with Gasteiger partial charge < -0.3 is 10.4 Å². The molecule has 1 aliphatic carbocycles. The molecule has 4 heteroatoms. The molecule has 1 aliphatic rings. The predicted octanol–water partition coefficient (Wildman–Crippen LogP) is 1.09. The van der Waals surface area contributed by atoms with Crippen LogP contribution in [0.25, 0.3) is 0 Å². The number of nitrogens with one attached hydrogen (secondary N) is 1. The van der Waals surface area contributed by atoms with Crippen molar-refractivity contribution in [2.45, 2.75) is 31.7 Å². The van der Waals surface area contributed by atoms with Gasteiger partial charge in [-0.3, -0.25) is 9.59 Å². The van der Waals surface area contributed by atoms with Gasteiger partial charge in [0.05, 0.1) is 5.92 Å². The van der Waals surface area contributed by atoms with Crippen LogP contribution in [0.1, 0.15) is 25.7 Å². The molecule has 1 fully saturated rings. The minimum atomic E-state index is -0.770. The van der Waals surface area contributed by atoms with Crippen LogP contribution in [0.4, 0.5) is 0 Å².